The zero-order valence-electron chi connectivity index (χ0n) is 19.2. The molecule has 4 aliphatic rings. The van der Waals surface area contributed by atoms with Gasteiger partial charge in [0, 0.05) is 46.8 Å². The number of nitrogens with zero attached hydrogens (tertiary/aromatic N) is 1. The summed E-state index contributed by atoms with van der Waals surface area (Å²) in [7, 11) is 3.46. The van der Waals surface area contributed by atoms with Crippen molar-refractivity contribution in [3.05, 3.63) is 0 Å². The quantitative estimate of drug-likeness (QED) is 0.658. The van der Waals surface area contributed by atoms with Crippen LogP contribution in [0.15, 0.2) is 0 Å². The van der Waals surface area contributed by atoms with Gasteiger partial charge in [-0.15, -0.1) is 0 Å². The topological polar surface area (TPSA) is 88.5 Å². The minimum Gasteiger partial charge on any atom is -0.393 e. The Morgan fingerprint density at radius 3 is 2.06 bits per heavy atom. The molecule has 7 nitrogen and oxygen atoms in total. The molecular weight excluding hydrogens is 398 g/mol. The van der Waals surface area contributed by atoms with Crippen LogP contribution >= 0.6 is 0 Å². The highest BCUT2D eigenvalue weighted by atomic mass is 16.5. The lowest BCUT2D eigenvalue weighted by Gasteiger charge is -2.39. The van der Waals surface area contributed by atoms with Gasteiger partial charge in [0.15, 0.2) is 0 Å². The fourth-order valence-corrected chi connectivity index (χ4v) is 6.55. The first-order valence-electron chi connectivity index (χ1n) is 12.3. The zero-order valence-corrected chi connectivity index (χ0v) is 19.2. The first-order chi connectivity index (χ1) is 15.0. The van der Waals surface area contributed by atoms with E-state index >= 15 is 0 Å². The van der Waals surface area contributed by atoms with Crippen LogP contribution in [-0.4, -0.2) is 85.5 Å². The predicted molar refractivity (Wildman–Crippen MR) is 115 cm³/mol. The van der Waals surface area contributed by atoms with Gasteiger partial charge >= 0.3 is 0 Å². The highest BCUT2D eigenvalue weighted by molar-refractivity contribution is 5.80. The number of ether oxygens (including phenoxy) is 3. The van der Waals surface area contributed by atoms with Crippen LogP contribution in [0.3, 0.4) is 0 Å². The summed E-state index contributed by atoms with van der Waals surface area (Å²) >= 11 is 0. The molecule has 8 unspecified atom stereocenters. The maximum atomic E-state index is 13.6. The Kier molecular flexibility index (Phi) is 7.91. The molecule has 0 aromatic heterocycles. The van der Waals surface area contributed by atoms with E-state index in [1.54, 1.807) is 14.2 Å². The number of amides is 1. The molecule has 1 aliphatic heterocycles. The summed E-state index contributed by atoms with van der Waals surface area (Å²) in [5, 5.41) is 21.0. The fourth-order valence-electron chi connectivity index (χ4n) is 6.55. The van der Waals surface area contributed by atoms with Crippen molar-refractivity contribution in [3.63, 3.8) is 0 Å². The summed E-state index contributed by atoms with van der Waals surface area (Å²) in [6.07, 6.45) is 6.88. The molecule has 0 aromatic carbocycles. The highest BCUT2D eigenvalue weighted by Crippen LogP contribution is 2.40. The van der Waals surface area contributed by atoms with Gasteiger partial charge in [-0.3, -0.25) is 4.79 Å². The van der Waals surface area contributed by atoms with Gasteiger partial charge in [-0.05, 0) is 43.4 Å². The lowest BCUT2D eigenvalue weighted by atomic mass is 9.78. The number of aliphatic hydroxyl groups is 2. The largest absolute Gasteiger partial charge is 0.393 e. The number of hydrogen-bond donors (Lipinski definition) is 2. The van der Waals surface area contributed by atoms with E-state index in [-0.39, 0.29) is 24.5 Å². The maximum absolute atomic E-state index is 13.6. The Bertz CT molecular complexity index is 577. The predicted octanol–water partition coefficient (Wildman–Crippen LogP) is 1.98. The van der Waals surface area contributed by atoms with Crippen molar-refractivity contribution < 1.29 is 29.2 Å². The fraction of sp³-hybridized carbons (Fsp3) is 0.958. The third-order valence-electron chi connectivity index (χ3n) is 8.37. The van der Waals surface area contributed by atoms with E-state index in [0.717, 1.165) is 12.8 Å². The van der Waals surface area contributed by atoms with E-state index in [1.165, 1.54) is 32.1 Å². The SMILES string of the molecule is COC1CC2CN(C(=O)C3C(O)CC(O)CC3OCC3CCCCC3)CC2CC1OC. The molecule has 1 amide bonds. The van der Waals surface area contributed by atoms with Gasteiger partial charge in [0.05, 0.1) is 36.4 Å². The first-order valence-corrected chi connectivity index (χ1v) is 12.3. The number of carbonyl (C=O) groups is 1. The Morgan fingerprint density at radius 1 is 0.871 bits per heavy atom. The summed E-state index contributed by atoms with van der Waals surface area (Å²) in [5.41, 5.74) is 0. The van der Waals surface area contributed by atoms with Crippen LogP contribution in [0.1, 0.15) is 57.8 Å². The number of likely N-dealkylation sites (tertiary alicyclic amines) is 1. The molecule has 0 spiro atoms. The minimum atomic E-state index is -0.853. The van der Waals surface area contributed by atoms with Gasteiger partial charge in [-0.1, -0.05) is 19.3 Å². The average molecular weight is 440 g/mol. The molecule has 178 valence electrons. The molecule has 31 heavy (non-hydrogen) atoms. The van der Waals surface area contributed by atoms with E-state index < -0.39 is 24.2 Å². The van der Waals surface area contributed by atoms with E-state index in [9.17, 15) is 15.0 Å². The second kappa shape index (κ2) is 10.5. The molecule has 3 saturated carbocycles. The normalized spacial score (nSPS) is 41.9. The van der Waals surface area contributed by atoms with Gasteiger partial charge in [0.25, 0.3) is 0 Å². The minimum absolute atomic E-state index is 0.00891. The van der Waals surface area contributed by atoms with Crippen molar-refractivity contribution in [3.8, 4) is 0 Å². The lowest BCUT2D eigenvalue weighted by Crippen LogP contribution is -2.52. The lowest BCUT2D eigenvalue weighted by molar-refractivity contribution is -0.158. The molecule has 4 fully saturated rings. The van der Waals surface area contributed by atoms with Crippen LogP contribution in [0, 0.1) is 23.7 Å². The van der Waals surface area contributed by atoms with Gasteiger partial charge in [0.2, 0.25) is 5.91 Å². The molecule has 3 aliphatic carbocycles. The van der Waals surface area contributed by atoms with Crippen LogP contribution in [0.25, 0.3) is 0 Å². The number of carbonyl (C=O) groups excluding carboxylic acids is 1. The molecule has 0 aromatic rings. The number of aliphatic hydroxyl groups excluding tert-OH is 2. The van der Waals surface area contributed by atoms with Crippen LogP contribution in [-0.2, 0) is 19.0 Å². The van der Waals surface area contributed by atoms with Crippen molar-refractivity contribution in [2.24, 2.45) is 23.7 Å². The first kappa shape index (κ1) is 23.4. The molecule has 0 radical (unpaired) electrons. The van der Waals surface area contributed by atoms with Crippen molar-refractivity contribution in [1.29, 1.82) is 0 Å². The molecule has 1 saturated heterocycles. The van der Waals surface area contributed by atoms with Crippen molar-refractivity contribution in [2.75, 3.05) is 33.9 Å². The second-order valence-corrected chi connectivity index (χ2v) is 10.4. The van der Waals surface area contributed by atoms with Gasteiger partial charge < -0.3 is 29.3 Å². The smallest absolute Gasteiger partial charge is 0.230 e. The summed E-state index contributed by atoms with van der Waals surface area (Å²) in [6.45, 7) is 2.05. The Morgan fingerprint density at radius 2 is 1.48 bits per heavy atom. The summed E-state index contributed by atoms with van der Waals surface area (Å²) in [4.78, 5) is 15.5. The van der Waals surface area contributed by atoms with Crippen molar-refractivity contribution in [1.82, 2.24) is 4.90 Å². The molecule has 1 heterocycles. The van der Waals surface area contributed by atoms with Crippen LogP contribution in [0.5, 0.6) is 0 Å². The molecular formula is C24H41NO6. The monoisotopic (exact) mass is 439 g/mol. The van der Waals surface area contributed by atoms with Gasteiger partial charge in [-0.25, -0.2) is 0 Å². The summed E-state index contributed by atoms with van der Waals surface area (Å²) < 4.78 is 17.5. The van der Waals surface area contributed by atoms with Crippen LogP contribution in [0.4, 0.5) is 0 Å². The Labute approximate surface area is 186 Å². The molecule has 2 N–H and O–H groups in total. The second-order valence-electron chi connectivity index (χ2n) is 10.4. The zero-order chi connectivity index (χ0) is 22.0. The molecule has 4 rings (SSSR count). The average Bonchev–Trinajstić information content (AvgIpc) is 3.19. The number of methoxy groups -OCH3 is 2. The number of rotatable bonds is 6. The highest BCUT2D eigenvalue weighted by Gasteiger charge is 2.48. The van der Waals surface area contributed by atoms with Crippen molar-refractivity contribution >= 4 is 5.91 Å². The molecule has 7 heteroatoms. The van der Waals surface area contributed by atoms with E-state index in [0.29, 0.717) is 43.9 Å². The van der Waals surface area contributed by atoms with Gasteiger partial charge in [-0.2, -0.15) is 0 Å². The number of fused-ring (bicyclic) bond motifs is 1. The number of hydrogen-bond acceptors (Lipinski definition) is 6. The standard InChI is InChI=1S/C24H41NO6/c1-29-20-8-16-12-25(13-17(16)9-21(20)30-2)24(28)23-19(27)10-18(26)11-22(23)31-14-15-6-4-3-5-7-15/h15-23,26-27H,3-14H2,1-2H3. The summed E-state index contributed by atoms with van der Waals surface area (Å²) in [6, 6.07) is 0. The maximum Gasteiger partial charge on any atom is 0.230 e. The molecule has 0 bridgehead atoms. The van der Waals surface area contributed by atoms with E-state index in [4.69, 9.17) is 14.2 Å². The third kappa shape index (κ3) is 5.27. The van der Waals surface area contributed by atoms with E-state index in [1.807, 2.05) is 4.90 Å². The Balaban J connectivity index is 1.40. The van der Waals surface area contributed by atoms with Crippen LogP contribution in [0.2, 0.25) is 0 Å². The third-order valence-corrected chi connectivity index (χ3v) is 8.37. The van der Waals surface area contributed by atoms with Crippen LogP contribution < -0.4 is 0 Å². The Hall–Kier alpha value is -0.730. The van der Waals surface area contributed by atoms with E-state index in [2.05, 4.69) is 0 Å². The molecule has 8 atom stereocenters. The van der Waals surface area contributed by atoms with Gasteiger partial charge in [0.1, 0.15) is 0 Å². The summed E-state index contributed by atoms with van der Waals surface area (Å²) in [5.74, 6) is 0.766. The van der Waals surface area contributed by atoms with Crippen molar-refractivity contribution in [2.45, 2.75) is 88.3 Å².